The fraction of sp³-hybridized carbons (Fsp3) is 0.462. The van der Waals surface area contributed by atoms with Gasteiger partial charge >= 0.3 is 6.03 Å². The fourth-order valence-electron chi connectivity index (χ4n) is 5.29. The molecule has 3 rings (SSSR count). The van der Waals surface area contributed by atoms with Crippen molar-refractivity contribution in [1.29, 1.82) is 0 Å². The Morgan fingerprint density at radius 2 is 1.26 bits per heavy atom. The van der Waals surface area contributed by atoms with Gasteiger partial charge in [0.2, 0.25) is 0 Å². The number of nitrogens with zero attached hydrogens (tertiary/aromatic N) is 2. The van der Waals surface area contributed by atoms with Gasteiger partial charge in [-0.05, 0) is 36.2 Å². The van der Waals surface area contributed by atoms with Crippen molar-refractivity contribution in [3.63, 3.8) is 0 Å². The molecule has 1 fully saturated rings. The second-order valence-corrected chi connectivity index (χ2v) is 13.3. The third-order valence-corrected chi connectivity index (χ3v) is 12.4. The van der Waals surface area contributed by atoms with Gasteiger partial charge in [-0.3, -0.25) is 9.36 Å². The van der Waals surface area contributed by atoms with Gasteiger partial charge in [-0.2, -0.15) is 0 Å². The van der Waals surface area contributed by atoms with E-state index in [1.807, 2.05) is 72.5 Å². The van der Waals surface area contributed by atoms with Crippen molar-refractivity contribution in [2.45, 2.75) is 77.2 Å². The summed E-state index contributed by atoms with van der Waals surface area (Å²) in [7, 11) is -2.28. The summed E-state index contributed by atoms with van der Waals surface area (Å²) in [5.74, 6) is -0.0263. The molecule has 0 aromatic heterocycles. The monoisotopic (exact) mass is 436 g/mol. The van der Waals surface area contributed by atoms with E-state index in [4.69, 9.17) is 0 Å². The molecule has 0 saturated carbocycles. The van der Waals surface area contributed by atoms with Gasteiger partial charge in [0.1, 0.15) is 5.54 Å². The molecule has 1 saturated heterocycles. The molecule has 0 bridgehead atoms. The summed E-state index contributed by atoms with van der Waals surface area (Å²) < 4.78 is 1.79. The summed E-state index contributed by atoms with van der Waals surface area (Å²) in [6.45, 7) is 8.90. The van der Waals surface area contributed by atoms with Gasteiger partial charge in [-0.15, -0.1) is 0 Å². The van der Waals surface area contributed by atoms with Crippen molar-refractivity contribution < 1.29 is 9.59 Å². The molecule has 1 aliphatic rings. The Kier molecular flexibility index (Phi) is 7.37. The molecule has 1 aliphatic heterocycles. The minimum atomic E-state index is -2.28. The van der Waals surface area contributed by atoms with Crippen LogP contribution in [0.5, 0.6) is 0 Å². The van der Waals surface area contributed by atoms with Crippen LogP contribution in [-0.4, -0.2) is 29.6 Å². The van der Waals surface area contributed by atoms with Crippen molar-refractivity contribution in [3.8, 4) is 0 Å². The fourth-order valence-corrected chi connectivity index (χ4v) is 10.7. The minimum Gasteiger partial charge on any atom is -0.302 e. The Morgan fingerprint density at radius 3 is 1.74 bits per heavy atom. The Hall–Kier alpha value is -2.40. The summed E-state index contributed by atoms with van der Waals surface area (Å²) in [4.78, 5) is 30.1. The predicted octanol–water partition coefficient (Wildman–Crippen LogP) is 6.54. The molecule has 0 spiro atoms. The third kappa shape index (κ3) is 4.20. The smallest absolute Gasteiger partial charge is 0.302 e. The summed E-state index contributed by atoms with van der Waals surface area (Å²) in [6.07, 6.45) is 3.01. The van der Waals surface area contributed by atoms with E-state index < -0.39 is 13.8 Å². The van der Waals surface area contributed by atoms with Gasteiger partial charge < -0.3 is 4.90 Å². The Balaban J connectivity index is 2.14. The largest absolute Gasteiger partial charge is 0.320 e. The number of urea groups is 1. The van der Waals surface area contributed by atoms with E-state index in [0.29, 0.717) is 6.54 Å². The second-order valence-electron chi connectivity index (χ2n) is 8.91. The highest BCUT2D eigenvalue weighted by molar-refractivity contribution is 6.81. The van der Waals surface area contributed by atoms with Crippen molar-refractivity contribution >= 4 is 20.2 Å². The van der Waals surface area contributed by atoms with Crippen molar-refractivity contribution in [3.05, 3.63) is 71.8 Å². The number of hydrogen-bond donors (Lipinski definition) is 0. The average molecular weight is 437 g/mol. The highest BCUT2D eigenvalue weighted by Gasteiger charge is 2.60. The Bertz CT molecular complexity index is 870. The van der Waals surface area contributed by atoms with Gasteiger partial charge in [0, 0.05) is 6.54 Å². The highest BCUT2D eigenvalue weighted by atomic mass is 28.3. The highest BCUT2D eigenvalue weighted by Crippen LogP contribution is 2.44. The molecule has 0 N–H and O–H groups in total. The second kappa shape index (κ2) is 9.82. The van der Waals surface area contributed by atoms with Crippen LogP contribution in [-0.2, 0) is 16.9 Å². The van der Waals surface area contributed by atoms with E-state index in [1.54, 1.807) is 4.57 Å². The lowest BCUT2D eigenvalue weighted by atomic mass is 9.90. The number of amides is 3. The standard InChI is InChI=1S/C26H36N2O2Si/c1-5-18-31(19-6-2,20-7-3)28-24(29)26(4,23-16-12-9-13-17-23)27(25(28)30)21-22-14-10-8-11-15-22/h8-17H,5-7,18-21H2,1-4H3. The van der Waals surface area contributed by atoms with Gasteiger partial charge in [-0.1, -0.05) is 101 Å². The lowest BCUT2D eigenvalue weighted by Gasteiger charge is -2.38. The maximum atomic E-state index is 14.2. The van der Waals surface area contributed by atoms with Gasteiger partial charge in [-0.25, -0.2) is 4.79 Å². The van der Waals surface area contributed by atoms with E-state index in [0.717, 1.165) is 48.5 Å². The van der Waals surface area contributed by atoms with Crippen LogP contribution in [0.4, 0.5) is 4.79 Å². The SMILES string of the molecule is CCC[Si](CCC)(CCC)N1C(=O)N(Cc2ccccc2)C(C)(c2ccccc2)C1=O. The van der Waals surface area contributed by atoms with Crippen LogP contribution in [0.25, 0.3) is 0 Å². The summed E-state index contributed by atoms with van der Waals surface area (Å²) in [5.41, 5.74) is 0.947. The maximum Gasteiger partial charge on any atom is 0.320 e. The number of rotatable bonds is 10. The van der Waals surface area contributed by atoms with Gasteiger partial charge in [0.25, 0.3) is 5.91 Å². The van der Waals surface area contributed by atoms with Crippen LogP contribution >= 0.6 is 0 Å². The lowest BCUT2D eigenvalue weighted by molar-refractivity contribution is -0.130. The molecule has 0 aliphatic carbocycles. The van der Waals surface area contributed by atoms with Crippen LogP contribution in [0.2, 0.25) is 18.1 Å². The molecular formula is C26H36N2O2Si. The normalized spacial score (nSPS) is 19.4. The quantitative estimate of drug-likeness (QED) is 0.313. The topological polar surface area (TPSA) is 40.6 Å². The minimum absolute atomic E-state index is 0.0263. The molecule has 2 aromatic rings. The molecule has 31 heavy (non-hydrogen) atoms. The van der Waals surface area contributed by atoms with E-state index >= 15 is 0 Å². The lowest BCUT2D eigenvalue weighted by Crippen LogP contribution is -2.57. The number of carbonyl (C=O) groups is 2. The molecule has 0 radical (unpaired) electrons. The summed E-state index contributed by atoms with van der Waals surface area (Å²) in [5, 5.41) is 0. The van der Waals surface area contributed by atoms with Crippen molar-refractivity contribution in [1.82, 2.24) is 9.47 Å². The van der Waals surface area contributed by atoms with E-state index in [1.165, 1.54) is 0 Å². The molecular weight excluding hydrogens is 400 g/mol. The molecule has 1 atom stereocenters. The first-order valence-corrected chi connectivity index (χ1v) is 14.3. The first kappa shape index (κ1) is 23.3. The first-order valence-electron chi connectivity index (χ1n) is 11.7. The number of imide groups is 1. The van der Waals surface area contributed by atoms with Crippen LogP contribution in [0, 0.1) is 0 Å². The molecule has 2 aromatic carbocycles. The molecule has 1 heterocycles. The van der Waals surface area contributed by atoms with E-state index in [9.17, 15) is 9.59 Å². The molecule has 4 nitrogen and oxygen atoms in total. The molecule has 5 heteroatoms. The maximum absolute atomic E-state index is 14.2. The Labute approximate surface area is 188 Å². The van der Waals surface area contributed by atoms with Crippen LogP contribution in [0.1, 0.15) is 58.1 Å². The van der Waals surface area contributed by atoms with E-state index in [-0.39, 0.29) is 11.9 Å². The van der Waals surface area contributed by atoms with Crippen LogP contribution < -0.4 is 0 Å². The Morgan fingerprint density at radius 1 is 0.774 bits per heavy atom. The molecule has 1 unspecified atom stereocenters. The zero-order chi connectivity index (χ0) is 22.5. The zero-order valence-corrected chi connectivity index (χ0v) is 20.4. The van der Waals surface area contributed by atoms with Crippen LogP contribution in [0.3, 0.4) is 0 Å². The van der Waals surface area contributed by atoms with E-state index in [2.05, 4.69) is 20.8 Å². The third-order valence-electron chi connectivity index (χ3n) is 6.72. The average Bonchev–Trinajstić information content (AvgIpc) is 2.97. The molecule has 166 valence electrons. The molecule has 3 amide bonds. The van der Waals surface area contributed by atoms with Gasteiger partial charge in [0.05, 0.1) is 0 Å². The number of benzene rings is 2. The predicted molar refractivity (Wildman–Crippen MR) is 129 cm³/mol. The number of hydrogen-bond acceptors (Lipinski definition) is 2. The zero-order valence-electron chi connectivity index (χ0n) is 19.4. The van der Waals surface area contributed by atoms with Crippen LogP contribution in [0.15, 0.2) is 60.7 Å². The van der Waals surface area contributed by atoms with Crippen molar-refractivity contribution in [2.24, 2.45) is 0 Å². The summed E-state index contributed by atoms with van der Waals surface area (Å²) in [6, 6.07) is 22.7. The first-order chi connectivity index (χ1) is 14.9. The van der Waals surface area contributed by atoms with Gasteiger partial charge in [0.15, 0.2) is 8.24 Å². The van der Waals surface area contributed by atoms with Crippen molar-refractivity contribution in [2.75, 3.05) is 0 Å². The number of carbonyl (C=O) groups excluding carboxylic acids is 2. The summed E-state index contributed by atoms with van der Waals surface area (Å²) >= 11 is 0.